The summed E-state index contributed by atoms with van der Waals surface area (Å²) < 4.78 is 62.0. The second-order valence-corrected chi connectivity index (χ2v) is 6.88. The number of carbonyl (C=O) groups excluding carboxylic acids is 1. The molecule has 0 aliphatic heterocycles. The molecule has 0 aliphatic rings. The summed E-state index contributed by atoms with van der Waals surface area (Å²) in [7, 11) is -3.34. The monoisotopic (exact) mass is 343 g/mol. The molecule has 0 saturated carbocycles. The summed E-state index contributed by atoms with van der Waals surface area (Å²) in [5, 5.41) is 2.13. The fourth-order valence-corrected chi connectivity index (χ4v) is 2.49. The van der Waals surface area contributed by atoms with Crippen molar-refractivity contribution >= 4 is 21.4 Å². The summed E-state index contributed by atoms with van der Waals surface area (Å²) in [5.41, 5.74) is 0.0135. The Labute approximate surface area is 130 Å². The molecule has 1 amide bonds. The van der Waals surface area contributed by atoms with E-state index in [2.05, 4.69) is 5.32 Å². The number of halogens is 3. The lowest BCUT2D eigenvalue weighted by atomic mass is 10.1. The van der Waals surface area contributed by atoms with Crippen LogP contribution in [-0.4, -0.2) is 20.6 Å². The number of sulfone groups is 1. The van der Waals surface area contributed by atoms with E-state index < -0.39 is 38.9 Å². The van der Waals surface area contributed by atoms with Crippen molar-refractivity contribution in [3.05, 3.63) is 59.4 Å². The van der Waals surface area contributed by atoms with Crippen molar-refractivity contribution in [1.29, 1.82) is 0 Å². The van der Waals surface area contributed by atoms with Crippen LogP contribution in [0.15, 0.2) is 41.3 Å². The number of rotatable bonds is 4. The zero-order valence-corrected chi connectivity index (χ0v) is 12.8. The average Bonchev–Trinajstić information content (AvgIpc) is 2.47. The Bertz CT molecular complexity index is 849. The summed E-state index contributed by atoms with van der Waals surface area (Å²) >= 11 is 0. The van der Waals surface area contributed by atoms with Crippen LogP contribution in [0.1, 0.15) is 5.56 Å². The van der Waals surface area contributed by atoms with Crippen molar-refractivity contribution in [2.45, 2.75) is 11.3 Å². The van der Waals surface area contributed by atoms with E-state index in [1.54, 1.807) is 0 Å². The minimum Gasteiger partial charge on any atom is -0.323 e. The summed E-state index contributed by atoms with van der Waals surface area (Å²) in [6, 6.07) is 7.19. The molecule has 0 unspecified atom stereocenters. The SMILES string of the molecule is CS(=O)(=O)c1ccc(CC(=O)Nc2ccc(F)c(F)c2F)cc1. The van der Waals surface area contributed by atoms with E-state index in [-0.39, 0.29) is 11.3 Å². The van der Waals surface area contributed by atoms with Crippen molar-refractivity contribution in [3.8, 4) is 0 Å². The molecule has 2 aromatic rings. The van der Waals surface area contributed by atoms with Gasteiger partial charge in [0, 0.05) is 6.26 Å². The van der Waals surface area contributed by atoms with Gasteiger partial charge in [-0.3, -0.25) is 4.79 Å². The molecule has 2 aromatic carbocycles. The fraction of sp³-hybridized carbons (Fsp3) is 0.133. The smallest absolute Gasteiger partial charge is 0.228 e. The van der Waals surface area contributed by atoms with Crippen LogP contribution >= 0.6 is 0 Å². The first kappa shape index (κ1) is 17.0. The van der Waals surface area contributed by atoms with Gasteiger partial charge in [-0.25, -0.2) is 21.6 Å². The van der Waals surface area contributed by atoms with Gasteiger partial charge in [0.1, 0.15) is 0 Å². The normalized spacial score (nSPS) is 11.3. The highest BCUT2D eigenvalue weighted by Crippen LogP contribution is 2.20. The number of benzene rings is 2. The van der Waals surface area contributed by atoms with Crippen LogP contribution in [0.4, 0.5) is 18.9 Å². The van der Waals surface area contributed by atoms with Crippen molar-refractivity contribution in [2.24, 2.45) is 0 Å². The first-order chi connectivity index (χ1) is 10.7. The molecule has 0 fully saturated rings. The number of hydrogen-bond acceptors (Lipinski definition) is 3. The molecule has 8 heteroatoms. The van der Waals surface area contributed by atoms with Crippen LogP contribution in [0.25, 0.3) is 0 Å². The van der Waals surface area contributed by atoms with E-state index in [9.17, 15) is 26.4 Å². The minimum absolute atomic E-state index is 0.105. The Balaban J connectivity index is 2.10. The molecule has 0 aliphatic carbocycles. The number of anilines is 1. The quantitative estimate of drug-likeness (QED) is 0.868. The Morgan fingerprint density at radius 3 is 2.17 bits per heavy atom. The van der Waals surface area contributed by atoms with Crippen molar-refractivity contribution in [3.63, 3.8) is 0 Å². The third-order valence-electron chi connectivity index (χ3n) is 3.03. The third kappa shape index (κ3) is 4.10. The highest BCUT2D eigenvalue weighted by atomic mass is 32.2. The molecule has 1 N–H and O–H groups in total. The molecule has 0 saturated heterocycles. The molecule has 4 nitrogen and oxygen atoms in total. The van der Waals surface area contributed by atoms with Gasteiger partial charge in [0.05, 0.1) is 17.0 Å². The van der Waals surface area contributed by atoms with Gasteiger partial charge in [-0.2, -0.15) is 0 Å². The van der Waals surface area contributed by atoms with Crippen LogP contribution in [0.5, 0.6) is 0 Å². The third-order valence-corrected chi connectivity index (χ3v) is 4.15. The average molecular weight is 343 g/mol. The molecule has 122 valence electrons. The van der Waals surface area contributed by atoms with Crippen molar-refractivity contribution in [2.75, 3.05) is 11.6 Å². The highest BCUT2D eigenvalue weighted by Gasteiger charge is 2.15. The zero-order chi connectivity index (χ0) is 17.2. The Morgan fingerprint density at radius 2 is 1.61 bits per heavy atom. The van der Waals surface area contributed by atoms with E-state index in [1.807, 2.05) is 0 Å². The lowest BCUT2D eigenvalue weighted by Gasteiger charge is -2.08. The van der Waals surface area contributed by atoms with Gasteiger partial charge in [0.15, 0.2) is 27.3 Å². The first-order valence-electron chi connectivity index (χ1n) is 6.41. The predicted molar refractivity (Wildman–Crippen MR) is 78.2 cm³/mol. The maximum atomic E-state index is 13.4. The second kappa shape index (κ2) is 6.41. The van der Waals surface area contributed by atoms with Gasteiger partial charge in [0.25, 0.3) is 0 Å². The largest absolute Gasteiger partial charge is 0.323 e. The minimum atomic E-state index is -3.34. The lowest BCUT2D eigenvalue weighted by Crippen LogP contribution is -2.16. The standard InChI is InChI=1S/C15H12F3NO3S/c1-23(21,22)10-4-2-9(3-5-10)8-13(20)19-12-7-6-11(16)14(17)15(12)18/h2-7H,8H2,1H3,(H,19,20). The molecule has 0 heterocycles. The Morgan fingerprint density at radius 1 is 1.00 bits per heavy atom. The topological polar surface area (TPSA) is 63.2 Å². The number of carbonyl (C=O) groups is 1. The molecule has 0 spiro atoms. The van der Waals surface area contributed by atoms with E-state index in [1.165, 1.54) is 24.3 Å². The summed E-state index contributed by atoms with van der Waals surface area (Å²) in [6.07, 6.45) is 0.878. The fourth-order valence-electron chi connectivity index (χ4n) is 1.86. The van der Waals surface area contributed by atoms with E-state index in [4.69, 9.17) is 0 Å². The second-order valence-electron chi connectivity index (χ2n) is 4.86. The van der Waals surface area contributed by atoms with E-state index in [0.717, 1.165) is 12.3 Å². The predicted octanol–water partition coefficient (Wildman–Crippen LogP) is 2.69. The van der Waals surface area contributed by atoms with Crippen molar-refractivity contribution < 1.29 is 26.4 Å². The molecular formula is C15H12F3NO3S. The van der Waals surface area contributed by atoms with Gasteiger partial charge in [0.2, 0.25) is 5.91 Å². The maximum absolute atomic E-state index is 13.4. The molecule has 23 heavy (non-hydrogen) atoms. The zero-order valence-electron chi connectivity index (χ0n) is 11.9. The van der Waals surface area contributed by atoms with Gasteiger partial charge >= 0.3 is 0 Å². The van der Waals surface area contributed by atoms with Crippen LogP contribution in [-0.2, 0) is 21.1 Å². The summed E-state index contributed by atoms with van der Waals surface area (Å²) in [5.74, 6) is -5.15. The molecule has 0 radical (unpaired) electrons. The van der Waals surface area contributed by atoms with Crippen LogP contribution in [0, 0.1) is 17.5 Å². The lowest BCUT2D eigenvalue weighted by molar-refractivity contribution is -0.115. The molecule has 0 atom stereocenters. The molecule has 2 rings (SSSR count). The number of hydrogen-bond donors (Lipinski definition) is 1. The van der Waals surface area contributed by atoms with Gasteiger partial charge in [-0.05, 0) is 29.8 Å². The van der Waals surface area contributed by atoms with Gasteiger partial charge in [-0.15, -0.1) is 0 Å². The first-order valence-corrected chi connectivity index (χ1v) is 8.30. The summed E-state index contributed by atoms with van der Waals surface area (Å²) in [6.45, 7) is 0. The Hall–Kier alpha value is -2.35. The van der Waals surface area contributed by atoms with Gasteiger partial charge in [-0.1, -0.05) is 12.1 Å². The van der Waals surface area contributed by atoms with Crippen LogP contribution in [0.2, 0.25) is 0 Å². The summed E-state index contributed by atoms with van der Waals surface area (Å²) in [4.78, 5) is 11.9. The van der Waals surface area contributed by atoms with Crippen molar-refractivity contribution in [1.82, 2.24) is 0 Å². The number of nitrogens with one attached hydrogen (secondary N) is 1. The van der Waals surface area contributed by atoms with Crippen LogP contribution in [0.3, 0.4) is 0 Å². The molecule has 0 bridgehead atoms. The van der Waals surface area contributed by atoms with Crippen LogP contribution < -0.4 is 5.32 Å². The Kier molecular flexibility index (Phi) is 4.74. The molecule has 0 aromatic heterocycles. The van der Waals surface area contributed by atoms with Gasteiger partial charge < -0.3 is 5.32 Å². The highest BCUT2D eigenvalue weighted by molar-refractivity contribution is 7.90. The van der Waals surface area contributed by atoms with E-state index in [0.29, 0.717) is 11.6 Å². The maximum Gasteiger partial charge on any atom is 0.228 e. The molecular weight excluding hydrogens is 331 g/mol. The number of amides is 1. The van der Waals surface area contributed by atoms with E-state index >= 15 is 0 Å².